The smallest absolute Gasteiger partial charge is 0.306 e. The first kappa shape index (κ1) is 36.9. The first-order chi connectivity index (χ1) is 18.1. The van der Waals surface area contributed by atoms with Crippen molar-refractivity contribution in [3.8, 4) is 0 Å². The second-order valence-corrected chi connectivity index (χ2v) is 13.0. The Balaban J connectivity index is 3.49. The molecule has 0 aromatic rings. The minimum Gasteiger partial charge on any atom is -0.550 e. The molecular formula is C33H65NO4. The SMILES string of the molecule is CCCCCCCCCCCC(C)CCCCCCCCCCCCC(=O)OC(CC(=O)[O-])C[N+](C)(C)C. The summed E-state index contributed by atoms with van der Waals surface area (Å²) in [6.45, 7) is 5.20. The molecule has 0 aliphatic rings. The largest absolute Gasteiger partial charge is 0.550 e. The Bertz CT molecular complexity index is 558. The predicted molar refractivity (Wildman–Crippen MR) is 159 cm³/mol. The van der Waals surface area contributed by atoms with E-state index in [1.54, 1.807) is 0 Å². The average molecular weight is 540 g/mol. The van der Waals surface area contributed by atoms with Gasteiger partial charge in [-0.3, -0.25) is 4.79 Å². The number of carboxylic acid groups (broad SMARTS) is 1. The summed E-state index contributed by atoms with van der Waals surface area (Å²) in [6.07, 6.45) is 27.5. The van der Waals surface area contributed by atoms with Crippen LogP contribution in [0, 0.1) is 5.92 Å². The van der Waals surface area contributed by atoms with Crippen LogP contribution in [0.25, 0.3) is 0 Å². The third-order valence-corrected chi connectivity index (χ3v) is 7.57. The number of ether oxygens (including phenoxy) is 1. The number of aliphatic carboxylic acids is 1. The van der Waals surface area contributed by atoms with Crippen LogP contribution in [0.4, 0.5) is 0 Å². The molecule has 38 heavy (non-hydrogen) atoms. The van der Waals surface area contributed by atoms with Gasteiger partial charge >= 0.3 is 5.97 Å². The third-order valence-electron chi connectivity index (χ3n) is 7.57. The van der Waals surface area contributed by atoms with E-state index in [1.807, 2.05) is 21.1 Å². The summed E-state index contributed by atoms with van der Waals surface area (Å²) in [7, 11) is 5.86. The maximum atomic E-state index is 12.1. The lowest BCUT2D eigenvalue weighted by Crippen LogP contribution is -2.45. The summed E-state index contributed by atoms with van der Waals surface area (Å²) < 4.78 is 5.96. The molecule has 0 aromatic heterocycles. The molecule has 0 rings (SSSR count). The molecule has 0 aliphatic heterocycles. The molecule has 0 fully saturated rings. The maximum absolute atomic E-state index is 12.1. The first-order valence-corrected chi connectivity index (χ1v) is 16.3. The molecule has 5 heteroatoms. The van der Waals surface area contributed by atoms with Crippen LogP contribution < -0.4 is 5.11 Å². The van der Waals surface area contributed by atoms with Crippen molar-refractivity contribution in [2.24, 2.45) is 5.92 Å². The number of unbranched alkanes of at least 4 members (excludes halogenated alkanes) is 17. The molecule has 0 radical (unpaired) electrons. The second-order valence-electron chi connectivity index (χ2n) is 13.0. The highest BCUT2D eigenvalue weighted by molar-refractivity contribution is 5.70. The summed E-state index contributed by atoms with van der Waals surface area (Å²) in [4.78, 5) is 23.0. The molecule has 0 bridgehead atoms. The monoisotopic (exact) mass is 539 g/mol. The zero-order chi connectivity index (χ0) is 28.5. The molecule has 0 saturated heterocycles. The molecule has 0 saturated carbocycles. The van der Waals surface area contributed by atoms with Gasteiger partial charge in [0.25, 0.3) is 0 Å². The summed E-state index contributed by atoms with van der Waals surface area (Å²) in [5.41, 5.74) is 0. The predicted octanol–water partition coefficient (Wildman–Crippen LogP) is 7.98. The summed E-state index contributed by atoms with van der Waals surface area (Å²) in [5, 5.41) is 10.9. The molecule has 0 spiro atoms. The quantitative estimate of drug-likeness (QED) is 0.0574. The van der Waals surface area contributed by atoms with Gasteiger partial charge in [0.1, 0.15) is 6.54 Å². The fourth-order valence-corrected chi connectivity index (χ4v) is 5.31. The van der Waals surface area contributed by atoms with Crippen molar-refractivity contribution in [1.29, 1.82) is 0 Å². The minimum absolute atomic E-state index is 0.236. The highest BCUT2D eigenvalue weighted by Gasteiger charge is 2.22. The maximum Gasteiger partial charge on any atom is 0.306 e. The van der Waals surface area contributed by atoms with Crippen LogP contribution in [0.5, 0.6) is 0 Å². The normalized spacial score (nSPS) is 13.4. The van der Waals surface area contributed by atoms with Crippen LogP contribution >= 0.6 is 0 Å². The second kappa shape index (κ2) is 24.9. The van der Waals surface area contributed by atoms with Crippen molar-refractivity contribution in [2.45, 2.75) is 168 Å². The molecular weight excluding hydrogens is 474 g/mol. The van der Waals surface area contributed by atoms with E-state index in [0.29, 0.717) is 17.4 Å². The van der Waals surface area contributed by atoms with Crippen LogP contribution in [0.3, 0.4) is 0 Å². The Hall–Kier alpha value is -1.10. The van der Waals surface area contributed by atoms with E-state index < -0.39 is 12.1 Å². The number of carbonyl (C=O) groups is 2. The van der Waals surface area contributed by atoms with Crippen molar-refractivity contribution in [3.63, 3.8) is 0 Å². The van der Waals surface area contributed by atoms with Crippen molar-refractivity contribution in [1.82, 2.24) is 0 Å². The van der Waals surface area contributed by atoms with Gasteiger partial charge in [0.05, 0.1) is 21.1 Å². The van der Waals surface area contributed by atoms with Crippen molar-refractivity contribution in [2.75, 3.05) is 27.7 Å². The molecule has 0 aliphatic carbocycles. The lowest BCUT2D eigenvalue weighted by molar-refractivity contribution is -0.873. The Labute approximate surface area is 237 Å². The van der Waals surface area contributed by atoms with E-state index in [2.05, 4.69) is 13.8 Å². The number of nitrogens with zero attached hydrogens (tertiary/aromatic N) is 1. The topological polar surface area (TPSA) is 66.4 Å². The Kier molecular flexibility index (Phi) is 24.2. The number of quaternary nitrogens is 1. The average Bonchev–Trinajstić information content (AvgIpc) is 2.82. The number of esters is 1. The Morgan fingerprint density at radius 3 is 1.45 bits per heavy atom. The minimum atomic E-state index is -1.17. The molecule has 5 nitrogen and oxygen atoms in total. The fraction of sp³-hybridized carbons (Fsp3) is 0.939. The van der Waals surface area contributed by atoms with Gasteiger partial charge in [0.2, 0.25) is 0 Å². The van der Waals surface area contributed by atoms with Crippen LogP contribution in [-0.4, -0.2) is 50.2 Å². The van der Waals surface area contributed by atoms with Crippen molar-refractivity contribution < 1.29 is 23.9 Å². The molecule has 0 heterocycles. The number of rotatable bonds is 28. The van der Waals surface area contributed by atoms with Gasteiger partial charge in [-0.05, 0) is 12.3 Å². The van der Waals surface area contributed by atoms with Gasteiger partial charge in [-0.25, -0.2) is 0 Å². The standard InChI is InChI=1S/C33H65NO4/c1-6-7-8-9-10-13-16-19-22-25-30(2)26-23-20-17-14-11-12-15-18-21-24-27-33(37)38-31(28-32(35)36)29-34(3,4)5/h30-31H,6-29H2,1-5H3. The molecule has 0 amide bonds. The molecule has 0 N–H and O–H groups in total. The highest BCUT2D eigenvalue weighted by Crippen LogP contribution is 2.19. The lowest BCUT2D eigenvalue weighted by Gasteiger charge is -2.29. The number of hydrogen-bond acceptors (Lipinski definition) is 4. The van der Waals surface area contributed by atoms with E-state index in [0.717, 1.165) is 25.2 Å². The van der Waals surface area contributed by atoms with Crippen molar-refractivity contribution >= 4 is 11.9 Å². The lowest BCUT2D eigenvalue weighted by atomic mass is 9.95. The Morgan fingerprint density at radius 1 is 0.658 bits per heavy atom. The molecule has 2 atom stereocenters. The van der Waals surface area contributed by atoms with Gasteiger partial charge in [-0.1, -0.05) is 142 Å². The highest BCUT2D eigenvalue weighted by atomic mass is 16.5. The Morgan fingerprint density at radius 2 is 1.05 bits per heavy atom. The van der Waals surface area contributed by atoms with Crippen LogP contribution in [0.2, 0.25) is 0 Å². The van der Waals surface area contributed by atoms with Crippen LogP contribution in [0.15, 0.2) is 0 Å². The van der Waals surface area contributed by atoms with E-state index in [-0.39, 0.29) is 12.4 Å². The van der Waals surface area contributed by atoms with E-state index in [1.165, 1.54) is 116 Å². The molecule has 2 unspecified atom stereocenters. The summed E-state index contributed by atoms with van der Waals surface area (Å²) in [5.74, 6) is -0.558. The van der Waals surface area contributed by atoms with Gasteiger partial charge in [0.15, 0.2) is 6.10 Å². The third kappa shape index (κ3) is 27.9. The first-order valence-electron chi connectivity index (χ1n) is 16.3. The zero-order valence-corrected chi connectivity index (χ0v) is 26.2. The van der Waals surface area contributed by atoms with Crippen LogP contribution in [-0.2, 0) is 14.3 Å². The van der Waals surface area contributed by atoms with Gasteiger partial charge in [-0.15, -0.1) is 0 Å². The molecule has 226 valence electrons. The number of carboxylic acids is 1. The van der Waals surface area contributed by atoms with Gasteiger partial charge in [-0.2, -0.15) is 0 Å². The van der Waals surface area contributed by atoms with Crippen molar-refractivity contribution in [3.05, 3.63) is 0 Å². The number of hydrogen-bond donors (Lipinski definition) is 0. The summed E-state index contributed by atoms with van der Waals surface area (Å²) >= 11 is 0. The van der Waals surface area contributed by atoms with E-state index in [9.17, 15) is 14.7 Å². The zero-order valence-electron chi connectivity index (χ0n) is 26.2. The molecule has 0 aromatic carbocycles. The fourth-order valence-electron chi connectivity index (χ4n) is 5.31. The number of likely N-dealkylation sites (N-methyl/N-ethyl adjacent to an activating group) is 1. The van der Waals surface area contributed by atoms with Gasteiger partial charge in [0, 0.05) is 18.8 Å². The van der Waals surface area contributed by atoms with Gasteiger partial charge < -0.3 is 19.1 Å². The van der Waals surface area contributed by atoms with E-state index in [4.69, 9.17) is 4.74 Å². The summed E-state index contributed by atoms with van der Waals surface area (Å²) in [6, 6.07) is 0. The van der Waals surface area contributed by atoms with E-state index >= 15 is 0 Å². The van der Waals surface area contributed by atoms with Crippen LogP contribution in [0.1, 0.15) is 162 Å². The number of carbonyl (C=O) groups excluding carboxylic acids is 2.